The molecule has 1 heterocycles. The molecule has 4 nitrogen and oxygen atoms in total. The Morgan fingerprint density at radius 2 is 2.25 bits per heavy atom. The number of unbranched alkanes of at least 4 members (excludes halogenated alkanes) is 2. The molecule has 1 N–H and O–H groups in total. The normalized spacial score (nSPS) is 17.8. The first-order valence-corrected chi connectivity index (χ1v) is 7.73. The summed E-state index contributed by atoms with van der Waals surface area (Å²) in [6.45, 7) is 3.26. The number of aliphatic hydroxyl groups is 1. The van der Waals surface area contributed by atoms with Crippen LogP contribution in [-0.4, -0.2) is 22.2 Å². The van der Waals surface area contributed by atoms with Crippen molar-refractivity contribution in [3.63, 3.8) is 0 Å². The summed E-state index contributed by atoms with van der Waals surface area (Å²) in [5.41, 5.74) is 2.41. The Bertz CT molecular complexity index is 439. The predicted octanol–water partition coefficient (Wildman–Crippen LogP) is 2.98. The lowest BCUT2D eigenvalue weighted by molar-refractivity contribution is -0.143. The van der Waals surface area contributed by atoms with Gasteiger partial charge in [-0.1, -0.05) is 6.42 Å². The van der Waals surface area contributed by atoms with Crippen LogP contribution >= 0.6 is 0 Å². The average Bonchev–Trinajstić information content (AvgIpc) is 2.83. The SMILES string of the molecule is CCOC(=O)CCCCCn1cc2c(c1)C(O)CCC2. The van der Waals surface area contributed by atoms with Gasteiger partial charge in [0, 0.05) is 30.9 Å². The van der Waals surface area contributed by atoms with E-state index in [9.17, 15) is 9.90 Å². The number of aliphatic hydroxyl groups excluding tert-OH is 1. The molecule has 0 fully saturated rings. The van der Waals surface area contributed by atoms with Crippen LogP contribution in [0.2, 0.25) is 0 Å². The number of carbonyl (C=O) groups excluding carboxylic acids is 1. The first kappa shape index (κ1) is 15.1. The summed E-state index contributed by atoms with van der Waals surface area (Å²) in [7, 11) is 0. The summed E-state index contributed by atoms with van der Waals surface area (Å²) in [6, 6.07) is 0. The van der Waals surface area contributed by atoms with Gasteiger partial charge >= 0.3 is 5.97 Å². The third-order valence-corrected chi connectivity index (χ3v) is 3.88. The minimum absolute atomic E-state index is 0.0907. The van der Waals surface area contributed by atoms with Gasteiger partial charge in [-0.05, 0) is 44.6 Å². The van der Waals surface area contributed by atoms with Crippen LogP contribution in [0.4, 0.5) is 0 Å². The Morgan fingerprint density at radius 3 is 3.00 bits per heavy atom. The molecule has 0 aliphatic heterocycles. The van der Waals surface area contributed by atoms with Crippen LogP contribution in [-0.2, 0) is 22.5 Å². The second kappa shape index (κ2) is 7.48. The molecule has 0 radical (unpaired) electrons. The van der Waals surface area contributed by atoms with Crippen molar-refractivity contribution in [3.8, 4) is 0 Å². The van der Waals surface area contributed by atoms with Crippen LogP contribution in [0.1, 0.15) is 62.7 Å². The van der Waals surface area contributed by atoms with Gasteiger partial charge in [-0.2, -0.15) is 0 Å². The number of hydrogen-bond donors (Lipinski definition) is 1. The molecule has 2 rings (SSSR count). The lowest BCUT2D eigenvalue weighted by atomic mass is 9.93. The Balaban J connectivity index is 1.68. The zero-order valence-electron chi connectivity index (χ0n) is 12.3. The highest BCUT2D eigenvalue weighted by Crippen LogP contribution is 2.30. The number of ether oxygens (including phenoxy) is 1. The van der Waals surface area contributed by atoms with Crippen molar-refractivity contribution >= 4 is 5.97 Å². The minimum atomic E-state index is -0.274. The van der Waals surface area contributed by atoms with Crippen molar-refractivity contribution < 1.29 is 14.6 Å². The number of fused-ring (bicyclic) bond motifs is 1. The van der Waals surface area contributed by atoms with Crippen molar-refractivity contribution in [1.29, 1.82) is 0 Å². The molecule has 0 amide bonds. The van der Waals surface area contributed by atoms with E-state index < -0.39 is 0 Å². The number of esters is 1. The molecule has 0 aromatic carbocycles. The van der Waals surface area contributed by atoms with Crippen LogP contribution in [0, 0.1) is 0 Å². The molecule has 1 aliphatic carbocycles. The molecule has 1 aliphatic rings. The van der Waals surface area contributed by atoms with E-state index in [1.54, 1.807) is 0 Å². The molecular formula is C16H25NO3. The van der Waals surface area contributed by atoms with E-state index in [2.05, 4.69) is 17.0 Å². The number of hydrogen-bond acceptors (Lipinski definition) is 3. The molecule has 20 heavy (non-hydrogen) atoms. The molecule has 0 saturated carbocycles. The number of aryl methyl sites for hydroxylation is 2. The highest BCUT2D eigenvalue weighted by molar-refractivity contribution is 5.69. The third kappa shape index (κ3) is 4.10. The minimum Gasteiger partial charge on any atom is -0.466 e. The van der Waals surface area contributed by atoms with Crippen LogP contribution < -0.4 is 0 Å². The fourth-order valence-corrected chi connectivity index (χ4v) is 2.83. The molecule has 1 aromatic heterocycles. The molecule has 0 saturated heterocycles. The summed E-state index contributed by atoms with van der Waals surface area (Å²) >= 11 is 0. The van der Waals surface area contributed by atoms with E-state index in [0.717, 1.165) is 50.6 Å². The highest BCUT2D eigenvalue weighted by atomic mass is 16.5. The molecule has 1 aromatic rings. The standard InChI is InChI=1S/C16H25NO3/c1-2-20-16(19)9-4-3-5-10-17-11-13-7-6-8-15(18)14(13)12-17/h11-12,15,18H,2-10H2,1H3. The van der Waals surface area contributed by atoms with E-state index in [4.69, 9.17) is 4.74 Å². The van der Waals surface area contributed by atoms with E-state index >= 15 is 0 Å². The molecule has 1 unspecified atom stereocenters. The number of rotatable bonds is 7. The van der Waals surface area contributed by atoms with Crippen LogP contribution in [0.3, 0.4) is 0 Å². The van der Waals surface area contributed by atoms with Crippen molar-refractivity contribution in [2.75, 3.05) is 6.61 Å². The summed E-state index contributed by atoms with van der Waals surface area (Å²) in [5.74, 6) is -0.0907. The highest BCUT2D eigenvalue weighted by Gasteiger charge is 2.19. The van der Waals surface area contributed by atoms with Crippen molar-refractivity contribution in [3.05, 3.63) is 23.5 Å². The lowest BCUT2D eigenvalue weighted by Crippen LogP contribution is -2.05. The van der Waals surface area contributed by atoms with E-state index in [0.29, 0.717) is 13.0 Å². The van der Waals surface area contributed by atoms with Gasteiger partial charge in [-0.25, -0.2) is 0 Å². The molecule has 4 heteroatoms. The molecule has 1 atom stereocenters. The number of nitrogens with zero attached hydrogens (tertiary/aromatic N) is 1. The van der Waals surface area contributed by atoms with Gasteiger partial charge in [0.2, 0.25) is 0 Å². The van der Waals surface area contributed by atoms with Crippen LogP contribution in [0.5, 0.6) is 0 Å². The van der Waals surface area contributed by atoms with E-state index in [1.165, 1.54) is 5.56 Å². The monoisotopic (exact) mass is 279 g/mol. The fourth-order valence-electron chi connectivity index (χ4n) is 2.83. The van der Waals surface area contributed by atoms with Crippen molar-refractivity contribution in [2.45, 2.75) is 64.5 Å². The molecule has 0 spiro atoms. The number of carbonyl (C=O) groups is 1. The Morgan fingerprint density at radius 1 is 1.40 bits per heavy atom. The topological polar surface area (TPSA) is 51.5 Å². The van der Waals surface area contributed by atoms with Gasteiger partial charge in [0.05, 0.1) is 12.7 Å². The maximum atomic E-state index is 11.2. The zero-order chi connectivity index (χ0) is 14.4. The first-order valence-electron chi connectivity index (χ1n) is 7.73. The third-order valence-electron chi connectivity index (χ3n) is 3.88. The number of aromatic nitrogens is 1. The van der Waals surface area contributed by atoms with Gasteiger partial charge in [-0.15, -0.1) is 0 Å². The summed E-state index contributed by atoms with van der Waals surface area (Å²) in [6.07, 6.45) is 10.5. The quantitative estimate of drug-likeness (QED) is 0.616. The second-order valence-corrected chi connectivity index (χ2v) is 5.50. The van der Waals surface area contributed by atoms with Gasteiger partial charge < -0.3 is 14.4 Å². The largest absolute Gasteiger partial charge is 0.466 e. The zero-order valence-corrected chi connectivity index (χ0v) is 12.3. The van der Waals surface area contributed by atoms with E-state index in [-0.39, 0.29) is 12.1 Å². The Hall–Kier alpha value is -1.29. The van der Waals surface area contributed by atoms with Gasteiger partial charge in [0.1, 0.15) is 0 Å². The average molecular weight is 279 g/mol. The predicted molar refractivity (Wildman–Crippen MR) is 77.4 cm³/mol. The summed E-state index contributed by atoms with van der Waals surface area (Å²) < 4.78 is 7.09. The second-order valence-electron chi connectivity index (χ2n) is 5.50. The maximum Gasteiger partial charge on any atom is 0.305 e. The van der Waals surface area contributed by atoms with E-state index in [1.807, 2.05) is 6.92 Å². The molecule has 0 bridgehead atoms. The smallest absolute Gasteiger partial charge is 0.305 e. The maximum absolute atomic E-state index is 11.2. The van der Waals surface area contributed by atoms with Gasteiger partial charge in [0.25, 0.3) is 0 Å². The molecule has 112 valence electrons. The summed E-state index contributed by atoms with van der Waals surface area (Å²) in [4.78, 5) is 11.2. The van der Waals surface area contributed by atoms with Crippen molar-refractivity contribution in [1.82, 2.24) is 4.57 Å². The lowest BCUT2D eigenvalue weighted by Gasteiger charge is -2.16. The fraction of sp³-hybridized carbons (Fsp3) is 0.688. The van der Waals surface area contributed by atoms with Gasteiger partial charge in [0.15, 0.2) is 0 Å². The first-order chi connectivity index (χ1) is 9.70. The van der Waals surface area contributed by atoms with Crippen LogP contribution in [0.15, 0.2) is 12.4 Å². The van der Waals surface area contributed by atoms with Gasteiger partial charge in [-0.3, -0.25) is 4.79 Å². The Labute approximate surface area is 120 Å². The van der Waals surface area contributed by atoms with Crippen molar-refractivity contribution in [2.24, 2.45) is 0 Å². The Kier molecular flexibility index (Phi) is 5.65. The molecular weight excluding hydrogens is 254 g/mol. The summed E-state index contributed by atoms with van der Waals surface area (Å²) in [5, 5.41) is 9.93. The van der Waals surface area contributed by atoms with Crippen LogP contribution in [0.25, 0.3) is 0 Å².